The Balaban J connectivity index is 2.49. The number of alkyl halides is 3. The van der Waals surface area contributed by atoms with E-state index in [1.54, 1.807) is 0 Å². The van der Waals surface area contributed by atoms with Crippen LogP contribution in [0.5, 0.6) is 0 Å². The molecule has 0 saturated carbocycles. The van der Waals surface area contributed by atoms with E-state index in [4.69, 9.17) is 4.74 Å². The van der Waals surface area contributed by atoms with Crippen molar-refractivity contribution in [1.82, 2.24) is 9.80 Å². The minimum absolute atomic E-state index is 0.225. The third kappa shape index (κ3) is 7.26. The summed E-state index contributed by atoms with van der Waals surface area (Å²) in [5, 5.41) is 10.1. The van der Waals surface area contributed by atoms with Crippen molar-refractivity contribution < 1.29 is 23.0 Å². The lowest BCUT2D eigenvalue weighted by Gasteiger charge is -2.48. The zero-order valence-corrected chi connectivity index (χ0v) is 14.2. The number of β-amino-alcohol motifs (C(OH)–C–C–N with tert-alkyl or cyclic N) is 1. The highest BCUT2D eigenvalue weighted by atomic mass is 19.4. The molecule has 1 rings (SSSR count). The van der Waals surface area contributed by atoms with Crippen molar-refractivity contribution in [3.05, 3.63) is 0 Å². The Morgan fingerprint density at radius 3 is 2.23 bits per heavy atom. The first-order chi connectivity index (χ1) is 9.78. The van der Waals surface area contributed by atoms with Gasteiger partial charge >= 0.3 is 6.18 Å². The Labute approximate surface area is 131 Å². The van der Waals surface area contributed by atoms with E-state index in [-0.39, 0.29) is 12.2 Å². The fourth-order valence-corrected chi connectivity index (χ4v) is 2.67. The van der Waals surface area contributed by atoms with Crippen molar-refractivity contribution in [2.24, 2.45) is 0 Å². The summed E-state index contributed by atoms with van der Waals surface area (Å²) in [6, 6.07) is 0. The van der Waals surface area contributed by atoms with Gasteiger partial charge in [0.2, 0.25) is 0 Å². The molecule has 1 aliphatic rings. The van der Waals surface area contributed by atoms with Crippen LogP contribution in [0.3, 0.4) is 0 Å². The van der Waals surface area contributed by atoms with Gasteiger partial charge in [0, 0.05) is 31.7 Å². The molecule has 0 bridgehead atoms. The van der Waals surface area contributed by atoms with Gasteiger partial charge in [0.15, 0.2) is 0 Å². The molecule has 0 aromatic rings. The number of aliphatic hydroxyl groups is 1. The topological polar surface area (TPSA) is 35.9 Å². The second-order valence-corrected chi connectivity index (χ2v) is 7.66. The molecule has 1 heterocycles. The summed E-state index contributed by atoms with van der Waals surface area (Å²) in [6.45, 7) is 10.5. The lowest BCUT2D eigenvalue weighted by Crippen LogP contribution is -2.61. The molecular formula is C15H29F3N2O2. The van der Waals surface area contributed by atoms with Gasteiger partial charge in [-0.15, -0.1) is 0 Å². The zero-order chi connectivity index (χ0) is 17.2. The van der Waals surface area contributed by atoms with Crippen LogP contribution in [0.2, 0.25) is 0 Å². The van der Waals surface area contributed by atoms with Gasteiger partial charge in [0.25, 0.3) is 0 Å². The van der Waals surface area contributed by atoms with Crippen molar-refractivity contribution in [2.75, 3.05) is 39.3 Å². The quantitative estimate of drug-likeness (QED) is 0.839. The van der Waals surface area contributed by atoms with Crippen molar-refractivity contribution in [1.29, 1.82) is 0 Å². The van der Waals surface area contributed by atoms with Crippen LogP contribution < -0.4 is 0 Å². The Morgan fingerprint density at radius 1 is 1.18 bits per heavy atom. The highest BCUT2D eigenvalue weighted by Gasteiger charge is 2.39. The molecule has 22 heavy (non-hydrogen) atoms. The zero-order valence-electron chi connectivity index (χ0n) is 14.2. The smallest absolute Gasteiger partial charge is 0.389 e. The van der Waals surface area contributed by atoms with Crippen LogP contribution in [-0.4, -0.2) is 77.7 Å². The highest BCUT2D eigenvalue weighted by Crippen LogP contribution is 2.25. The van der Waals surface area contributed by atoms with Crippen LogP contribution in [0, 0.1) is 0 Å². The predicted octanol–water partition coefficient (Wildman–Crippen LogP) is 2.12. The number of piperazine rings is 1. The molecule has 1 atom stereocenters. The summed E-state index contributed by atoms with van der Waals surface area (Å²) >= 11 is 0. The molecule has 132 valence electrons. The van der Waals surface area contributed by atoms with E-state index in [1.165, 1.54) is 4.90 Å². The molecule has 1 N–H and O–H groups in total. The maximum Gasteiger partial charge on any atom is 0.401 e. The second kappa shape index (κ2) is 7.03. The van der Waals surface area contributed by atoms with Gasteiger partial charge in [-0.1, -0.05) is 0 Å². The van der Waals surface area contributed by atoms with Crippen LogP contribution in [-0.2, 0) is 4.74 Å². The van der Waals surface area contributed by atoms with E-state index >= 15 is 0 Å². The van der Waals surface area contributed by atoms with Crippen molar-refractivity contribution >= 4 is 0 Å². The van der Waals surface area contributed by atoms with Crippen molar-refractivity contribution in [2.45, 2.75) is 58.0 Å². The number of aliphatic hydroxyl groups excluding tert-OH is 1. The van der Waals surface area contributed by atoms with Crippen molar-refractivity contribution in [3.63, 3.8) is 0 Å². The van der Waals surface area contributed by atoms with Gasteiger partial charge < -0.3 is 9.84 Å². The summed E-state index contributed by atoms with van der Waals surface area (Å²) in [5.74, 6) is 0. The van der Waals surface area contributed by atoms with E-state index in [0.29, 0.717) is 26.2 Å². The molecular weight excluding hydrogens is 297 g/mol. The summed E-state index contributed by atoms with van der Waals surface area (Å²) in [6.07, 6.45) is -4.81. The van der Waals surface area contributed by atoms with Crippen LogP contribution in [0.25, 0.3) is 0 Å². The normalized spacial score (nSPS) is 22.8. The predicted molar refractivity (Wildman–Crippen MR) is 79.9 cm³/mol. The number of rotatable bonds is 5. The fraction of sp³-hybridized carbons (Fsp3) is 1.00. The molecule has 0 aliphatic carbocycles. The first-order valence-electron chi connectivity index (χ1n) is 7.65. The third-order valence-corrected chi connectivity index (χ3v) is 3.70. The maximum absolute atomic E-state index is 12.5. The van der Waals surface area contributed by atoms with Gasteiger partial charge in [-0.05, 0) is 34.6 Å². The van der Waals surface area contributed by atoms with E-state index in [2.05, 4.69) is 0 Å². The van der Waals surface area contributed by atoms with Gasteiger partial charge in [-0.2, -0.15) is 13.2 Å². The lowest BCUT2D eigenvalue weighted by molar-refractivity contribution is -0.156. The summed E-state index contributed by atoms with van der Waals surface area (Å²) in [4.78, 5) is 3.46. The molecule has 0 spiro atoms. The largest absolute Gasteiger partial charge is 0.401 e. The number of ether oxygens (including phenoxy) is 1. The molecule has 0 amide bonds. The van der Waals surface area contributed by atoms with E-state index in [0.717, 1.165) is 0 Å². The first kappa shape index (κ1) is 19.7. The molecule has 1 saturated heterocycles. The number of hydrogen-bond donors (Lipinski definition) is 1. The van der Waals surface area contributed by atoms with Gasteiger partial charge in [0.05, 0.1) is 24.9 Å². The van der Waals surface area contributed by atoms with Crippen molar-refractivity contribution in [3.8, 4) is 0 Å². The van der Waals surface area contributed by atoms with Gasteiger partial charge in [0.1, 0.15) is 0 Å². The SMILES string of the molecule is CC(C)(C)OCC(O)CN1CCN(CC(F)(F)F)CC1(C)C. The van der Waals surface area contributed by atoms with E-state index in [9.17, 15) is 18.3 Å². The highest BCUT2D eigenvalue weighted by molar-refractivity contribution is 4.91. The summed E-state index contributed by atoms with van der Waals surface area (Å²) in [5.41, 5.74) is -0.728. The van der Waals surface area contributed by atoms with E-state index < -0.39 is 24.4 Å². The number of nitrogens with zero attached hydrogens (tertiary/aromatic N) is 2. The van der Waals surface area contributed by atoms with Gasteiger partial charge in [-0.25, -0.2) is 0 Å². The Morgan fingerprint density at radius 2 is 1.77 bits per heavy atom. The minimum Gasteiger partial charge on any atom is -0.389 e. The molecule has 4 nitrogen and oxygen atoms in total. The summed E-state index contributed by atoms with van der Waals surface area (Å²) < 4.78 is 43.1. The standard InChI is InChI=1S/C15H29F3N2O2/c1-13(2,3)22-9-12(21)8-20-7-6-19(10-14(20,4)5)11-15(16,17)18/h12,21H,6-11H2,1-5H3. The third-order valence-electron chi connectivity index (χ3n) is 3.70. The maximum atomic E-state index is 12.5. The first-order valence-corrected chi connectivity index (χ1v) is 7.65. The second-order valence-electron chi connectivity index (χ2n) is 7.66. The molecule has 0 radical (unpaired) electrons. The molecule has 1 unspecified atom stereocenters. The molecule has 1 fully saturated rings. The molecule has 0 aromatic carbocycles. The molecule has 7 heteroatoms. The van der Waals surface area contributed by atoms with Crippen LogP contribution in [0.4, 0.5) is 13.2 Å². The fourth-order valence-electron chi connectivity index (χ4n) is 2.67. The number of hydrogen-bond acceptors (Lipinski definition) is 4. The van der Waals surface area contributed by atoms with Crippen LogP contribution in [0.1, 0.15) is 34.6 Å². The van der Waals surface area contributed by atoms with Crippen LogP contribution >= 0.6 is 0 Å². The summed E-state index contributed by atoms with van der Waals surface area (Å²) in [7, 11) is 0. The minimum atomic E-state index is -4.17. The Bertz CT molecular complexity index is 354. The van der Waals surface area contributed by atoms with Gasteiger partial charge in [-0.3, -0.25) is 9.80 Å². The van der Waals surface area contributed by atoms with E-state index in [1.807, 2.05) is 39.5 Å². The monoisotopic (exact) mass is 326 g/mol. The average Bonchev–Trinajstić information content (AvgIpc) is 2.26. The lowest BCUT2D eigenvalue weighted by atomic mass is 9.98. The molecule has 0 aromatic heterocycles. The van der Waals surface area contributed by atoms with Crippen LogP contribution in [0.15, 0.2) is 0 Å². The Hall–Kier alpha value is -0.370. The average molecular weight is 326 g/mol. The molecule has 1 aliphatic heterocycles. The Kier molecular flexibility index (Phi) is 6.29. The number of halogens is 3.